The molecule has 28 heavy (non-hydrogen) atoms. The number of carbonyl (C=O) groups excluding carboxylic acids is 1. The Labute approximate surface area is 168 Å². The standard InChI is InChI=1S/C21H32N2O4S/c1-4-21(5-2)15-18(17-9-7-8-10-19(17)27-21)22-20(24)16-11-13-23(14-12-16)28(25,26)6-3/h7-10,16,18H,4-6,11-15H2,1-3H3,(H,22,24). The van der Waals surface area contributed by atoms with E-state index in [4.69, 9.17) is 4.74 Å². The van der Waals surface area contributed by atoms with Gasteiger partial charge in [-0.2, -0.15) is 0 Å². The predicted octanol–water partition coefficient (Wildman–Crippen LogP) is 3.25. The molecule has 1 fully saturated rings. The molecule has 156 valence electrons. The molecule has 0 aliphatic carbocycles. The Morgan fingerprint density at radius 3 is 2.43 bits per heavy atom. The maximum atomic E-state index is 13.0. The molecule has 1 N–H and O–H groups in total. The molecule has 0 bridgehead atoms. The molecule has 0 radical (unpaired) electrons. The number of hydrogen-bond acceptors (Lipinski definition) is 4. The molecule has 1 aromatic rings. The number of rotatable bonds is 6. The maximum Gasteiger partial charge on any atom is 0.223 e. The van der Waals surface area contributed by atoms with Crippen LogP contribution in [-0.4, -0.2) is 43.1 Å². The fraction of sp³-hybridized carbons (Fsp3) is 0.667. The summed E-state index contributed by atoms with van der Waals surface area (Å²) in [5.74, 6) is 0.845. The van der Waals surface area contributed by atoms with Gasteiger partial charge in [0.15, 0.2) is 0 Å². The first-order chi connectivity index (χ1) is 13.3. The fourth-order valence-corrected chi connectivity index (χ4v) is 5.43. The minimum atomic E-state index is -3.17. The van der Waals surface area contributed by atoms with E-state index < -0.39 is 10.0 Å². The van der Waals surface area contributed by atoms with Crippen molar-refractivity contribution in [2.75, 3.05) is 18.8 Å². The summed E-state index contributed by atoms with van der Waals surface area (Å²) >= 11 is 0. The average molecular weight is 409 g/mol. The number of ether oxygens (including phenoxy) is 1. The molecule has 1 amide bonds. The van der Waals surface area contributed by atoms with Gasteiger partial charge in [0.25, 0.3) is 0 Å². The van der Waals surface area contributed by atoms with Crippen LogP contribution in [-0.2, 0) is 14.8 Å². The lowest BCUT2D eigenvalue weighted by atomic mass is 9.83. The van der Waals surface area contributed by atoms with Crippen molar-refractivity contribution in [3.8, 4) is 5.75 Å². The number of amides is 1. The van der Waals surface area contributed by atoms with Gasteiger partial charge in [-0.15, -0.1) is 0 Å². The van der Waals surface area contributed by atoms with E-state index in [-0.39, 0.29) is 29.2 Å². The van der Waals surface area contributed by atoms with E-state index in [0.29, 0.717) is 25.9 Å². The quantitative estimate of drug-likeness (QED) is 0.784. The summed E-state index contributed by atoms with van der Waals surface area (Å²) in [6, 6.07) is 7.85. The third kappa shape index (κ3) is 4.20. The van der Waals surface area contributed by atoms with Crippen molar-refractivity contribution in [1.29, 1.82) is 0 Å². The summed E-state index contributed by atoms with van der Waals surface area (Å²) in [7, 11) is -3.17. The summed E-state index contributed by atoms with van der Waals surface area (Å²) in [6.07, 6.45) is 3.67. The van der Waals surface area contributed by atoms with Crippen molar-refractivity contribution in [3.05, 3.63) is 29.8 Å². The van der Waals surface area contributed by atoms with E-state index in [2.05, 4.69) is 19.2 Å². The highest BCUT2D eigenvalue weighted by molar-refractivity contribution is 7.89. The van der Waals surface area contributed by atoms with Crippen LogP contribution < -0.4 is 10.1 Å². The number of sulfonamides is 1. The molecule has 2 heterocycles. The molecule has 0 aromatic heterocycles. The predicted molar refractivity (Wildman–Crippen MR) is 110 cm³/mol. The van der Waals surface area contributed by atoms with Crippen LogP contribution in [0.1, 0.15) is 64.5 Å². The van der Waals surface area contributed by atoms with Gasteiger partial charge >= 0.3 is 0 Å². The second-order valence-electron chi connectivity index (χ2n) is 7.87. The number of carbonyl (C=O) groups is 1. The number of nitrogens with zero attached hydrogens (tertiary/aromatic N) is 1. The number of piperidine rings is 1. The molecular weight excluding hydrogens is 376 g/mol. The molecule has 1 aromatic carbocycles. The van der Waals surface area contributed by atoms with Crippen LogP contribution in [0.5, 0.6) is 5.75 Å². The Balaban J connectivity index is 1.70. The van der Waals surface area contributed by atoms with Crippen LogP contribution >= 0.6 is 0 Å². The average Bonchev–Trinajstić information content (AvgIpc) is 2.73. The molecule has 0 spiro atoms. The summed E-state index contributed by atoms with van der Waals surface area (Å²) in [5, 5.41) is 3.25. The molecule has 6 nitrogen and oxygen atoms in total. The Hall–Kier alpha value is -1.60. The van der Waals surface area contributed by atoms with Gasteiger partial charge in [0.2, 0.25) is 15.9 Å². The van der Waals surface area contributed by atoms with E-state index >= 15 is 0 Å². The summed E-state index contributed by atoms with van der Waals surface area (Å²) in [5.41, 5.74) is 0.768. The Morgan fingerprint density at radius 1 is 1.18 bits per heavy atom. The third-order valence-electron chi connectivity index (χ3n) is 6.39. The normalized spacial score (nSPS) is 22.9. The monoisotopic (exact) mass is 408 g/mol. The lowest BCUT2D eigenvalue weighted by Gasteiger charge is -2.42. The van der Waals surface area contributed by atoms with Gasteiger partial charge in [0, 0.05) is 31.0 Å². The van der Waals surface area contributed by atoms with Crippen LogP contribution in [0, 0.1) is 5.92 Å². The van der Waals surface area contributed by atoms with Crippen LogP contribution in [0.4, 0.5) is 0 Å². The zero-order valence-electron chi connectivity index (χ0n) is 17.1. The molecule has 2 aliphatic rings. The molecule has 1 atom stereocenters. The van der Waals surface area contributed by atoms with E-state index in [0.717, 1.165) is 30.6 Å². The number of benzene rings is 1. The first-order valence-electron chi connectivity index (χ1n) is 10.4. The second-order valence-corrected chi connectivity index (χ2v) is 10.1. The highest BCUT2D eigenvalue weighted by Crippen LogP contribution is 2.42. The zero-order valence-corrected chi connectivity index (χ0v) is 17.9. The van der Waals surface area contributed by atoms with Gasteiger partial charge in [-0.3, -0.25) is 4.79 Å². The molecule has 3 rings (SSSR count). The smallest absolute Gasteiger partial charge is 0.223 e. The molecule has 0 saturated carbocycles. The number of hydrogen-bond donors (Lipinski definition) is 1. The molecule has 2 aliphatic heterocycles. The lowest BCUT2D eigenvalue weighted by Crippen LogP contribution is -2.47. The van der Waals surface area contributed by atoms with Crippen molar-refractivity contribution in [2.24, 2.45) is 5.92 Å². The summed E-state index contributed by atoms with van der Waals surface area (Å²) in [4.78, 5) is 13.0. The van der Waals surface area contributed by atoms with Crippen molar-refractivity contribution >= 4 is 15.9 Å². The number of para-hydroxylation sites is 1. The van der Waals surface area contributed by atoms with Gasteiger partial charge in [0.1, 0.15) is 11.4 Å². The number of nitrogens with one attached hydrogen (secondary N) is 1. The van der Waals surface area contributed by atoms with Crippen LogP contribution in [0.3, 0.4) is 0 Å². The number of fused-ring (bicyclic) bond motifs is 1. The minimum Gasteiger partial charge on any atom is -0.487 e. The van der Waals surface area contributed by atoms with E-state index in [1.54, 1.807) is 6.92 Å². The summed E-state index contributed by atoms with van der Waals surface area (Å²) < 4.78 is 31.9. The van der Waals surface area contributed by atoms with Crippen molar-refractivity contribution < 1.29 is 17.9 Å². The van der Waals surface area contributed by atoms with Crippen molar-refractivity contribution in [3.63, 3.8) is 0 Å². The van der Waals surface area contributed by atoms with E-state index in [1.165, 1.54) is 4.31 Å². The van der Waals surface area contributed by atoms with Gasteiger partial charge in [-0.05, 0) is 38.7 Å². The second kappa shape index (κ2) is 8.41. The van der Waals surface area contributed by atoms with Crippen molar-refractivity contribution in [1.82, 2.24) is 9.62 Å². The SMILES string of the molecule is CCC1(CC)CC(NC(=O)C2CCN(S(=O)(=O)CC)CC2)c2ccccc2O1. The summed E-state index contributed by atoms with van der Waals surface area (Å²) in [6.45, 7) is 6.75. The Morgan fingerprint density at radius 2 is 1.82 bits per heavy atom. The van der Waals surface area contributed by atoms with Crippen molar-refractivity contribution in [2.45, 2.75) is 64.5 Å². The third-order valence-corrected chi connectivity index (χ3v) is 8.27. The molecule has 1 saturated heterocycles. The first kappa shape index (κ1) is 21.1. The Kier molecular flexibility index (Phi) is 6.34. The highest BCUT2D eigenvalue weighted by atomic mass is 32.2. The minimum absolute atomic E-state index is 0.0244. The van der Waals surface area contributed by atoms with E-state index in [9.17, 15) is 13.2 Å². The zero-order chi connectivity index (χ0) is 20.4. The maximum absolute atomic E-state index is 13.0. The van der Waals surface area contributed by atoms with Crippen LogP contribution in [0.15, 0.2) is 24.3 Å². The fourth-order valence-electron chi connectivity index (χ4n) is 4.30. The first-order valence-corrected chi connectivity index (χ1v) is 12.0. The lowest BCUT2D eigenvalue weighted by molar-refractivity contribution is -0.127. The van der Waals surface area contributed by atoms with Crippen LogP contribution in [0.25, 0.3) is 0 Å². The largest absolute Gasteiger partial charge is 0.487 e. The highest BCUT2D eigenvalue weighted by Gasteiger charge is 2.40. The van der Waals surface area contributed by atoms with E-state index in [1.807, 2.05) is 24.3 Å². The van der Waals surface area contributed by atoms with Crippen LogP contribution in [0.2, 0.25) is 0 Å². The van der Waals surface area contributed by atoms with Gasteiger partial charge in [0.05, 0.1) is 11.8 Å². The molecular formula is C21H32N2O4S. The molecule has 1 unspecified atom stereocenters. The van der Waals surface area contributed by atoms with Gasteiger partial charge in [-0.1, -0.05) is 32.0 Å². The topological polar surface area (TPSA) is 75.7 Å². The van der Waals surface area contributed by atoms with Gasteiger partial charge < -0.3 is 10.1 Å². The molecule has 7 heteroatoms. The Bertz CT molecular complexity index is 796. The van der Waals surface area contributed by atoms with Gasteiger partial charge in [-0.25, -0.2) is 12.7 Å².